The molecule has 0 unspecified atom stereocenters. The van der Waals surface area contributed by atoms with Crippen LogP contribution in [0, 0.1) is 13.8 Å². The largest absolute Gasteiger partial charge is 0.434 e. The molecule has 2 heterocycles. The third kappa shape index (κ3) is 2.46. The van der Waals surface area contributed by atoms with E-state index in [1.807, 2.05) is 20.9 Å². The highest BCUT2D eigenvalue weighted by molar-refractivity contribution is 5.94. The van der Waals surface area contributed by atoms with Crippen molar-refractivity contribution >= 4 is 5.84 Å². The summed E-state index contributed by atoms with van der Waals surface area (Å²) in [5.41, 5.74) is 7.32. The highest BCUT2D eigenvalue weighted by Gasteiger charge is 2.12. The Morgan fingerprint density at radius 1 is 1.37 bits per heavy atom. The quantitative estimate of drug-likeness (QED) is 0.365. The fourth-order valence-corrected chi connectivity index (χ4v) is 1.56. The highest BCUT2D eigenvalue weighted by Crippen LogP contribution is 2.26. The van der Waals surface area contributed by atoms with Gasteiger partial charge in [-0.15, -0.1) is 0 Å². The van der Waals surface area contributed by atoms with E-state index in [0.717, 1.165) is 11.4 Å². The van der Waals surface area contributed by atoms with Crippen molar-refractivity contribution in [3.63, 3.8) is 0 Å². The second-order valence-corrected chi connectivity index (χ2v) is 3.95. The topological polar surface area (TPSA) is 111 Å². The van der Waals surface area contributed by atoms with Gasteiger partial charge in [-0.1, -0.05) is 5.16 Å². The van der Waals surface area contributed by atoms with Crippen molar-refractivity contribution < 1.29 is 9.94 Å². The molecule has 100 valence electrons. The van der Waals surface area contributed by atoms with E-state index in [1.165, 1.54) is 12.4 Å². The molecule has 0 fully saturated rings. The van der Waals surface area contributed by atoms with E-state index in [4.69, 9.17) is 15.7 Å². The molecule has 2 rings (SSSR count). The zero-order valence-corrected chi connectivity index (χ0v) is 10.8. The second-order valence-electron chi connectivity index (χ2n) is 3.95. The summed E-state index contributed by atoms with van der Waals surface area (Å²) in [6.07, 6.45) is 2.77. The minimum atomic E-state index is -0.104. The van der Waals surface area contributed by atoms with Crippen LogP contribution in [0.25, 0.3) is 0 Å². The fraction of sp³-hybridized carbons (Fsp3) is 0.273. The molecule has 0 spiro atoms. The molecule has 8 nitrogen and oxygen atoms in total. The van der Waals surface area contributed by atoms with Gasteiger partial charge in [0, 0.05) is 7.05 Å². The molecular formula is C11H14N6O2. The Morgan fingerprint density at radius 3 is 2.58 bits per heavy atom. The van der Waals surface area contributed by atoms with E-state index < -0.39 is 0 Å². The first-order valence-corrected chi connectivity index (χ1v) is 5.51. The van der Waals surface area contributed by atoms with Crippen LogP contribution in [-0.4, -0.2) is 30.8 Å². The maximum atomic E-state index is 8.52. The molecule has 0 aliphatic carbocycles. The monoisotopic (exact) mass is 262 g/mol. The lowest BCUT2D eigenvalue weighted by Gasteiger charge is -2.05. The smallest absolute Gasteiger partial charge is 0.238 e. The molecule has 0 amide bonds. The summed E-state index contributed by atoms with van der Waals surface area (Å²) < 4.78 is 7.35. The summed E-state index contributed by atoms with van der Waals surface area (Å²) in [6, 6.07) is 0. The van der Waals surface area contributed by atoms with Crippen molar-refractivity contribution in [2.45, 2.75) is 13.8 Å². The zero-order valence-electron chi connectivity index (χ0n) is 10.8. The van der Waals surface area contributed by atoms with Gasteiger partial charge in [0.15, 0.2) is 11.6 Å². The SMILES string of the molecule is Cc1nn(C)c(C)c1Oc1cnc(C(N)=NO)cn1. The molecule has 0 aliphatic heterocycles. The highest BCUT2D eigenvalue weighted by atomic mass is 16.5. The molecule has 0 aliphatic rings. The molecule has 0 atom stereocenters. The molecule has 8 heteroatoms. The maximum Gasteiger partial charge on any atom is 0.238 e. The molecule has 2 aromatic heterocycles. The van der Waals surface area contributed by atoms with Crippen LogP contribution in [0.3, 0.4) is 0 Å². The number of nitrogens with two attached hydrogens (primary N) is 1. The molecule has 0 radical (unpaired) electrons. The lowest BCUT2D eigenvalue weighted by Crippen LogP contribution is -2.15. The third-order valence-electron chi connectivity index (χ3n) is 2.65. The van der Waals surface area contributed by atoms with Gasteiger partial charge in [0.2, 0.25) is 5.88 Å². The van der Waals surface area contributed by atoms with Gasteiger partial charge in [-0.25, -0.2) is 9.97 Å². The van der Waals surface area contributed by atoms with Gasteiger partial charge in [-0.05, 0) is 13.8 Å². The van der Waals surface area contributed by atoms with Gasteiger partial charge in [0.1, 0.15) is 11.4 Å². The molecule has 2 aromatic rings. The number of aromatic nitrogens is 4. The zero-order chi connectivity index (χ0) is 14.0. The maximum absolute atomic E-state index is 8.52. The summed E-state index contributed by atoms with van der Waals surface area (Å²) in [6.45, 7) is 3.74. The minimum absolute atomic E-state index is 0.104. The van der Waals surface area contributed by atoms with Crippen LogP contribution < -0.4 is 10.5 Å². The van der Waals surface area contributed by atoms with E-state index >= 15 is 0 Å². The number of ether oxygens (including phenoxy) is 1. The summed E-state index contributed by atoms with van der Waals surface area (Å²) >= 11 is 0. The predicted molar refractivity (Wildman–Crippen MR) is 67.3 cm³/mol. The number of oxime groups is 1. The van der Waals surface area contributed by atoms with Crippen molar-refractivity contribution in [3.05, 3.63) is 29.5 Å². The first-order chi connectivity index (χ1) is 9.02. The Kier molecular flexibility index (Phi) is 3.32. The number of nitrogens with zero attached hydrogens (tertiary/aromatic N) is 5. The van der Waals surface area contributed by atoms with E-state index in [-0.39, 0.29) is 11.5 Å². The fourth-order valence-electron chi connectivity index (χ4n) is 1.56. The van der Waals surface area contributed by atoms with E-state index in [2.05, 4.69) is 20.2 Å². The average Bonchev–Trinajstić information content (AvgIpc) is 2.65. The standard InChI is InChI=1S/C11H14N6O2/c1-6-10(7(2)17(3)15-6)19-9-5-13-8(4-14-9)11(12)16-18/h4-5,18H,1-3H3,(H2,12,16). The summed E-state index contributed by atoms with van der Waals surface area (Å²) in [5, 5.41) is 15.6. The van der Waals surface area contributed by atoms with Crippen LogP contribution in [0.2, 0.25) is 0 Å². The summed E-state index contributed by atoms with van der Waals surface area (Å²) in [4.78, 5) is 8.02. The number of rotatable bonds is 3. The first kappa shape index (κ1) is 12.8. The minimum Gasteiger partial charge on any atom is -0.434 e. The van der Waals surface area contributed by atoms with Crippen molar-refractivity contribution in [1.29, 1.82) is 0 Å². The molecule has 0 saturated heterocycles. The van der Waals surface area contributed by atoms with Gasteiger partial charge in [-0.2, -0.15) is 5.10 Å². The summed E-state index contributed by atoms with van der Waals surface area (Å²) in [7, 11) is 1.84. The molecule has 0 aromatic carbocycles. The van der Waals surface area contributed by atoms with Crippen molar-refractivity contribution in [3.8, 4) is 11.6 Å². The second kappa shape index (κ2) is 4.92. The van der Waals surface area contributed by atoms with Crippen molar-refractivity contribution in [2.24, 2.45) is 17.9 Å². The van der Waals surface area contributed by atoms with Crippen LogP contribution in [0.15, 0.2) is 17.5 Å². The first-order valence-electron chi connectivity index (χ1n) is 5.51. The molecule has 0 bridgehead atoms. The number of hydrogen-bond donors (Lipinski definition) is 2. The van der Waals surface area contributed by atoms with Gasteiger partial charge in [0.25, 0.3) is 0 Å². The van der Waals surface area contributed by atoms with E-state index in [9.17, 15) is 0 Å². The van der Waals surface area contributed by atoms with Crippen LogP contribution in [-0.2, 0) is 7.05 Å². The number of aryl methyl sites for hydroxylation is 2. The molecule has 0 saturated carbocycles. The van der Waals surface area contributed by atoms with Gasteiger partial charge >= 0.3 is 0 Å². The number of hydrogen-bond acceptors (Lipinski definition) is 6. The van der Waals surface area contributed by atoms with Crippen LogP contribution in [0.4, 0.5) is 0 Å². The normalized spacial score (nSPS) is 11.6. The average molecular weight is 262 g/mol. The number of amidine groups is 1. The molecule has 3 N–H and O–H groups in total. The Hall–Kier alpha value is -2.64. The third-order valence-corrected chi connectivity index (χ3v) is 2.65. The Balaban J connectivity index is 2.25. The van der Waals surface area contributed by atoms with Crippen molar-refractivity contribution in [2.75, 3.05) is 0 Å². The van der Waals surface area contributed by atoms with Crippen LogP contribution in [0.1, 0.15) is 17.1 Å². The Morgan fingerprint density at radius 2 is 2.11 bits per heavy atom. The van der Waals surface area contributed by atoms with Gasteiger partial charge < -0.3 is 15.7 Å². The lowest BCUT2D eigenvalue weighted by molar-refractivity contribution is 0.318. The van der Waals surface area contributed by atoms with Gasteiger partial charge in [-0.3, -0.25) is 4.68 Å². The Labute approximate surface area is 109 Å². The van der Waals surface area contributed by atoms with Crippen LogP contribution in [0.5, 0.6) is 11.6 Å². The van der Waals surface area contributed by atoms with Gasteiger partial charge in [0.05, 0.1) is 18.1 Å². The predicted octanol–water partition coefficient (Wildman–Crippen LogP) is 0.714. The van der Waals surface area contributed by atoms with E-state index in [1.54, 1.807) is 4.68 Å². The molecule has 19 heavy (non-hydrogen) atoms. The van der Waals surface area contributed by atoms with Crippen LogP contribution >= 0.6 is 0 Å². The van der Waals surface area contributed by atoms with E-state index in [0.29, 0.717) is 11.6 Å². The Bertz CT molecular complexity index is 617. The lowest BCUT2D eigenvalue weighted by atomic mass is 10.3. The van der Waals surface area contributed by atoms with Crippen molar-refractivity contribution in [1.82, 2.24) is 19.7 Å². The summed E-state index contributed by atoms with van der Waals surface area (Å²) in [5.74, 6) is 0.856. The molecular weight excluding hydrogens is 248 g/mol.